The van der Waals surface area contributed by atoms with Gasteiger partial charge in [-0.15, -0.1) is 0 Å². The molecule has 0 atom stereocenters. The molecule has 3 nitrogen and oxygen atoms in total. The number of para-hydroxylation sites is 1. The zero-order chi connectivity index (χ0) is 9.23. The third-order valence-corrected chi connectivity index (χ3v) is 1.15. The number of phenolic OH excluding ortho intramolecular Hbond substituents is 1. The van der Waals surface area contributed by atoms with Crippen molar-refractivity contribution in [1.29, 1.82) is 0 Å². The third-order valence-electron chi connectivity index (χ3n) is 1.15. The van der Waals surface area contributed by atoms with Crippen molar-refractivity contribution in [2.75, 3.05) is 13.2 Å². The minimum atomic E-state index is 0.322. The summed E-state index contributed by atoms with van der Waals surface area (Å²) >= 11 is 0. The Balaban J connectivity index is 0.000000217. The molecule has 0 unspecified atom stereocenters. The maximum Gasteiger partial charge on any atom is 0.115 e. The highest BCUT2D eigenvalue weighted by atomic mass is 16.3. The molecule has 1 aromatic rings. The van der Waals surface area contributed by atoms with Crippen LogP contribution < -0.4 is 11.1 Å². The molecule has 0 amide bonds. The third kappa shape index (κ3) is 7.05. The van der Waals surface area contributed by atoms with Crippen molar-refractivity contribution in [2.45, 2.75) is 6.92 Å². The highest BCUT2D eigenvalue weighted by Gasteiger charge is 1.74. The van der Waals surface area contributed by atoms with E-state index in [0.29, 0.717) is 12.4 Å². The number of aromatic hydroxyl groups is 1. The van der Waals surface area contributed by atoms with Crippen LogP contribution in [0, 0.1) is 0 Å². The monoisotopic (exact) mass is 168 g/mol. The molecule has 1 aromatic carbocycles. The quantitative estimate of drug-likeness (QED) is 0.575. The van der Waals surface area contributed by atoms with E-state index in [0.717, 1.165) is 6.54 Å². The molecule has 0 spiro atoms. The van der Waals surface area contributed by atoms with Crippen molar-refractivity contribution in [3.05, 3.63) is 30.3 Å². The van der Waals surface area contributed by atoms with Gasteiger partial charge in [-0.1, -0.05) is 25.1 Å². The molecule has 0 aliphatic carbocycles. The lowest BCUT2D eigenvalue weighted by atomic mass is 10.3. The second-order valence-electron chi connectivity index (χ2n) is 2.14. The van der Waals surface area contributed by atoms with Crippen molar-refractivity contribution < 1.29 is 5.11 Å². The van der Waals surface area contributed by atoms with Gasteiger partial charge in [-0.25, -0.2) is 0 Å². The van der Waals surface area contributed by atoms with Crippen molar-refractivity contribution >= 4 is 0 Å². The van der Waals surface area contributed by atoms with Gasteiger partial charge in [0.15, 0.2) is 0 Å². The Morgan fingerprint density at radius 3 is 2.08 bits per heavy atom. The molecule has 0 fully saturated rings. The number of benzene rings is 1. The fraction of sp³-hybridized carbons (Fsp3) is 0.333. The zero-order valence-corrected chi connectivity index (χ0v) is 7.33. The van der Waals surface area contributed by atoms with E-state index in [1.54, 1.807) is 24.3 Å². The fourth-order valence-corrected chi connectivity index (χ4v) is 0.572. The molecule has 0 heterocycles. The minimum absolute atomic E-state index is 0.322. The van der Waals surface area contributed by atoms with Gasteiger partial charge in [0.25, 0.3) is 0 Å². The molecule has 0 aliphatic rings. The molecule has 0 aromatic heterocycles. The Hall–Kier alpha value is -1.06. The topological polar surface area (TPSA) is 58.3 Å². The van der Waals surface area contributed by atoms with Crippen LogP contribution >= 0.6 is 0 Å². The van der Waals surface area contributed by atoms with E-state index in [-0.39, 0.29) is 0 Å². The van der Waals surface area contributed by atoms with Gasteiger partial charge in [-0.05, 0) is 18.7 Å². The second kappa shape index (κ2) is 8.04. The molecular formula is C9H16N2O. The Kier molecular flexibility index (Phi) is 7.33. The molecule has 68 valence electrons. The Morgan fingerprint density at radius 2 is 1.92 bits per heavy atom. The van der Waals surface area contributed by atoms with E-state index in [1.807, 2.05) is 13.0 Å². The smallest absolute Gasteiger partial charge is 0.115 e. The molecule has 4 N–H and O–H groups in total. The number of phenols is 1. The number of nitrogens with two attached hydrogens (primary N) is 1. The molecule has 12 heavy (non-hydrogen) atoms. The van der Waals surface area contributed by atoms with Gasteiger partial charge in [0.2, 0.25) is 0 Å². The molecule has 3 heteroatoms. The van der Waals surface area contributed by atoms with E-state index in [2.05, 4.69) is 5.32 Å². The number of hydrogen-bond acceptors (Lipinski definition) is 3. The lowest BCUT2D eigenvalue weighted by Gasteiger charge is -1.86. The Bertz CT molecular complexity index is 175. The summed E-state index contributed by atoms with van der Waals surface area (Å²) in [7, 11) is 0. The summed E-state index contributed by atoms with van der Waals surface area (Å²) in [5.41, 5.74) is 5.03. The summed E-state index contributed by atoms with van der Waals surface area (Å²) in [4.78, 5) is 0. The first-order valence-corrected chi connectivity index (χ1v) is 3.96. The number of hydrogen-bond donors (Lipinski definition) is 3. The summed E-state index contributed by atoms with van der Waals surface area (Å²) in [6.07, 6.45) is 0. The van der Waals surface area contributed by atoms with Crippen LogP contribution in [0.3, 0.4) is 0 Å². The molecule has 0 bridgehead atoms. The predicted octanol–water partition coefficient (Wildman–Crippen LogP) is 0.904. The standard InChI is InChI=1S/C6H6O.C3H10N2/c7-6-4-2-1-3-5-6;1-2-5-3-4/h1-5,7H;5H,2-4H2,1H3. The molecule has 0 saturated heterocycles. The lowest BCUT2D eigenvalue weighted by Crippen LogP contribution is -2.21. The van der Waals surface area contributed by atoms with Crippen molar-refractivity contribution in [3.63, 3.8) is 0 Å². The van der Waals surface area contributed by atoms with E-state index in [4.69, 9.17) is 10.8 Å². The van der Waals surface area contributed by atoms with Crippen LogP contribution in [0.4, 0.5) is 0 Å². The molecule has 0 radical (unpaired) electrons. The summed E-state index contributed by atoms with van der Waals surface area (Å²) in [6, 6.07) is 8.71. The van der Waals surface area contributed by atoms with E-state index in [1.165, 1.54) is 0 Å². The first kappa shape index (κ1) is 10.9. The lowest BCUT2D eigenvalue weighted by molar-refractivity contribution is 0.475. The van der Waals surface area contributed by atoms with E-state index < -0.39 is 0 Å². The summed E-state index contributed by atoms with van der Waals surface area (Å²) < 4.78 is 0. The van der Waals surface area contributed by atoms with Gasteiger partial charge in [0, 0.05) is 6.67 Å². The van der Waals surface area contributed by atoms with Crippen molar-refractivity contribution in [2.24, 2.45) is 5.73 Å². The summed E-state index contributed by atoms with van der Waals surface area (Å²) in [6.45, 7) is 3.58. The highest BCUT2D eigenvalue weighted by molar-refractivity contribution is 5.18. The van der Waals surface area contributed by atoms with Crippen LogP contribution in [0.1, 0.15) is 6.92 Å². The second-order valence-corrected chi connectivity index (χ2v) is 2.14. The van der Waals surface area contributed by atoms with Crippen LogP contribution in [0.25, 0.3) is 0 Å². The first-order chi connectivity index (χ1) is 5.81. The van der Waals surface area contributed by atoms with Crippen LogP contribution in [-0.2, 0) is 0 Å². The van der Waals surface area contributed by atoms with Crippen LogP contribution in [0.2, 0.25) is 0 Å². The number of rotatable bonds is 2. The van der Waals surface area contributed by atoms with Gasteiger partial charge in [-0.2, -0.15) is 0 Å². The van der Waals surface area contributed by atoms with Crippen LogP contribution in [0.15, 0.2) is 30.3 Å². The maximum absolute atomic E-state index is 8.63. The molecule has 1 rings (SSSR count). The van der Waals surface area contributed by atoms with Gasteiger partial charge < -0.3 is 16.2 Å². The van der Waals surface area contributed by atoms with Crippen LogP contribution in [0.5, 0.6) is 5.75 Å². The van der Waals surface area contributed by atoms with Gasteiger partial charge in [-0.3, -0.25) is 0 Å². The van der Waals surface area contributed by atoms with Gasteiger partial charge >= 0.3 is 0 Å². The van der Waals surface area contributed by atoms with Crippen molar-refractivity contribution in [3.8, 4) is 5.75 Å². The van der Waals surface area contributed by atoms with Gasteiger partial charge in [0.1, 0.15) is 5.75 Å². The maximum atomic E-state index is 8.63. The Labute approximate surface area is 73.2 Å². The van der Waals surface area contributed by atoms with E-state index in [9.17, 15) is 0 Å². The Morgan fingerprint density at radius 1 is 1.33 bits per heavy atom. The zero-order valence-electron chi connectivity index (χ0n) is 7.33. The van der Waals surface area contributed by atoms with Crippen molar-refractivity contribution in [1.82, 2.24) is 5.32 Å². The first-order valence-electron chi connectivity index (χ1n) is 3.96. The molecule has 0 saturated carbocycles. The summed E-state index contributed by atoms with van der Waals surface area (Å²) in [5.74, 6) is 0.322. The highest BCUT2D eigenvalue weighted by Crippen LogP contribution is 2.02. The van der Waals surface area contributed by atoms with E-state index >= 15 is 0 Å². The summed E-state index contributed by atoms with van der Waals surface area (Å²) in [5, 5.41) is 11.5. The largest absolute Gasteiger partial charge is 0.508 e. The van der Waals surface area contributed by atoms with Gasteiger partial charge in [0.05, 0.1) is 0 Å². The minimum Gasteiger partial charge on any atom is -0.508 e. The molecule has 0 aliphatic heterocycles. The molecular weight excluding hydrogens is 152 g/mol. The average Bonchev–Trinajstić information content (AvgIpc) is 2.08. The fourth-order valence-electron chi connectivity index (χ4n) is 0.572. The normalized spacial score (nSPS) is 8.50. The predicted molar refractivity (Wildman–Crippen MR) is 50.8 cm³/mol. The average molecular weight is 168 g/mol. The number of nitrogens with one attached hydrogen (secondary N) is 1. The van der Waals surface area contributed by atoms with Crippen LogP contribution in [-0.4, -0.2) is 18.3 Å². The SMILES string of the molecule is CCNCN.Oc1ccccc1.